The van der Waals surface area contributed by atoms with E-state index in [-0.39, 0.29) is 0 Å². The summed E-state index contributed by atoms with van der Waals surface area (Å²) in [5.41, 5.74) is 7.51. The highest BCUT2D eigenvalue weighted by atomic mass is 14.7. The maximum Gasteiger partial charge on any atom is 0.00505 e. The van der Waals surface area contributed by atoms with E-state index in [9.17, 15) is 0 Å². The van der Waals surface area contributed by atoms with Gasteiger partial charge in [-0.15, -0.1) is 0 Å². The number of hydrogen-bond acceptors (Lipinski definition) is 1. The maximum absolute atomic E-state index is 6.02. The third kappa shape index (κ3) is 1.50. The van der Waals surface area contributed by atoms with Gasteiger partial charge in [0.1, 0.15) is 0 Å². The van der Waals surface area contributed by atoms with Crippen molar-refractivity contribution in [1.82, 2.24) is 0 Å². The van der Waals surface area contributed by atoms with Crippen LogP contribution in [0.15, 0.2) is 54.6 Å². The zero-order valence-corrected chi connectivity index (χ0v) is 11.8. The van der Waals surface area contributed by atoms with Crippen molar-refractivity contribution >= 4 is 32.3 Å². The largest absolute Gasteiger partial charge is 0.328 e. The van der Waals surface area contributed by atoms with E-state index in [2.05, 4.69) is 54.6 Å². The van der Waals surface area contributed by atoms with Gasteiger partial charge in [-0.2, -0.15) is 0 Å². The Hall–Kier alpha value is -2.12. The van der Waals surface area contributed by atoms with Crippen LogP contribution in [0, 0.1) is 0 Å². The average molecular weight is 271 g/mol. The van der Waals surface area contributed by atoms with E-state index >= 15 is 0 Å². The van der Waals surface area contributed by atoms with Crippen LogP contribution in [0.5, 0.6) is 0 Å². The molecule has 1 aliphatic rings. The lowest BCUT2D eigenvalue weighted by molar-refractivity contribution is 0.353. The van der Waals surface area contributed by atoms with Gasteiger partial charge >= 0.3 is 0 Å². The van der Waals surface area contributed by atoms with Gasteiger partial charge in [0.25, 0.3) is 0 Å². The molecule has 21 heavy (non-hydrogen) atoms. The molecule has 0 unspecified atom stereocenters. The number of benzene rings is 4. The average Bonchev–Trinajstić information content (AvgIpc) is 2.49. The van der Waals surface area contributed by atoms with Crippen molar-refractivity contribution in [2.24, 2.45) is 5.73 Å². The molecule has 0 amide bonds. The summed E-state index contributed by atoms with van der Waals surface area (Å²) in [6.07, 6.45) is 2.25. The molecule has 1 nitrogen and oxygen atoms in total. The molecule has 0 saturated heterocycles. The minimum absolute atomic E-state index is 0.392. The van der Waals surface area contributed by atoms with Crippen molar-refractivity contribution in [3.05, 3.63) is 60.2 Å². The SMILES string of the molecule is NC1CC(c2cc3cccc4ccc5cccc2c5c43)C1. The highest BCUT2D eigenvalue weighted by Crippen LogP contribution is 2.43. The van der Waals surface area contributed by atoms with Crippen LogP contribution < -0.4 is 5.73 Å². The van der Waals surface area contributed by atoms with Crippen molar-refractivity contribution in [2.45, 2.75) is 24.8 Å². The van der Waals surface area contributed by atoms with Crippen LogP contribution in [0.1, 0.15) is 24.3 Å². The Kier molecular flexibility index (Phi) is 2.17. The van der Waals surface area contributed by atoms with E-state index in [0.29, 0.717) is 12.0 Å². The molecule has 0 spiro atoms. The van der Waals surface area contributed by atoms with E-state index < -0.39 is 0 Å². The summed E-state index contributed by atoms with van der Waals surface area (Å²) in [5, 5.41) is 8.33. The summed E-state index contributed by atoms with van der Waals surface area (Å²) in [4.78, 5) is 0. The smallest absolute Gasteiger partial charge is 0.00505 e. The predicted molar refractivity (Wildman–Crippen MR) is 90.1 cm³/mol. The Morgan fingerprint density at radius 1 is 0.762 bits per heavy atom. The molecule has 0 heterocycles. The van der Waals surface area contributed by atoms with Crippen LogP contribution in [0.2, 0.25) is 0 Å². The van der Waals surface area contributed by atoms with Crippen molar-refractivity contribution in [2.75, 3.05) is 0 Å². The first-order valence-corrected chi connectivity index (χ1v) is 7.73. The van der Waals surface area contributed by atoms with Crippen molar-refractivity contribution in [3.8, 4) is 0 Å². The van der Waals surface area contributed by atoms with E-state index in [1.54, 1.807) is 0 Å². The summed E-state index contributed by atoms with van der Waals surface area (Å²) < 4.78 is 0. The van der Waals surface area contributed by atoms with Crippen LogP contribution in [0.4, 0.5) is 0 Å². The summed E-state index contributed by atoms with van der Waals surface area (Å²) in [5.74, 6) is 0.634. The first-order valence-electron chi connectivity index (χ1n) is 7.73. The molecule has 0 atom stereocenters. The first kappa shape index (κ1) is 11.5. The second-order valence-electron chi connectivity index (χ2n) is 6.44. The fraction of sp³-hybridized carbons (Fsp3) is 0.200. The fourth-order valence-corrected chi connectivity index (χ4v) is 4.04. The summed E-state index contributed by atoms with van der Waals surface area (Å²) in [6, 6.07) is 20.6. The van der Waals surface area contributed by atoms with Gasteiger partial charge in [-0.3, -0.25) is 0 Å². The molecule has 1 aliphatic carbocycles. The topological polar surface area (TPSA) is 26.0 Å². The molecule has 4 aromatic rings. The van der Waals surface area contributed by atoms with E-state index in [0.717, 1.165) is 12.8 Å². The van der Waals surface area contributed by atoms with Gasteiger partial charge in [0, 0.05) is 6.04 Å². The first-order chi connectivity index (χ1) is 10.3. The summed E-state index contributed by atoms with van der Waals surface area (Å²) in [6.45, 7) is 0. The molecule has 0 aliphatic heterocycles. The van der Waals surface area contributed by atoms with Gasteiger partial charge in [-0.25, -0.2) is 0 Å². The molecule has 1 heteroatoms. The lowest BCUT2D eigenvalue weighted by atomic mass is 9.74. The number of hydrogen-bond donors (Lipinski definition) is 1. The fourth-order valence-electron chi connectivity index (χ4n) is 4.04. The monoisotopic (exact) mass is 271 g/mol. The van der Waals surface area contributed by atoms with E-state index in [4.69, 9.17) is 5.73 Å². The molecule has 1 saturated carbocycles. The molecular weight excluding hydrogens is 254 g/mol. The van der Waals surface area contributed by atoms with E-state index in [1.165, 1.54) is 37.9 Å². The number of rotatable bonds is 1. The van der Waals surface area contributed by atoms with Crippen molar-refractivity contribution in [1.29, 1.82) is 0 Å². The van der Waals surface area contributed by atoms with Crippen LogP contribution >= 0.6 is 0 Å². The van der Waals surface area contributed by atoms with Crippen LogP contribution in [0.3, 0.4) is 0 Å². The van der Waals surface area contributed by atoms with Crippen molar-refractivity contribution in [3.63, 3.8) is 0 Å². The quantitative estimate of drug-likeness (QED) is 0.495. The lowest BCUT2D eigenvalue weighted by Crippen LogP contribution is -2.34. The molecule has 0 bridgehead atoms. The highest BCUT2D eigenvalue weighted by Gasteiger charge is 2.29. The molecule has 0 aromatic heterocycles. The second-order valence-corrected chi connectivity index (χ2v) is 6.44. The molecule has 4 aromatic carbocycles. The predicted octanol–water partition coefficient (Wildman–Crippen LogP) is 4.79. The molecule has 1 fully saturated rings. The van der Waals surface area contributed by atoms with Gasteiger partial charge in [0.2, 0.25) is 0 Å². The second kappa shape index (κ2) is 3.96. The van der Waals surface area contributed by atoms with Gasteiger partial charge in [-0.05, 0) is 56.6 Å². The minimum Gasteiger partial charge on any atom is -0.328 e. The zero-order chi connectivity index (χ0) is 14.0. The van der Waals surface area contributed by atoms with Gasteiger partial charge < -0.3 is 5.73 Å². The Morgan fingerprint density at radius 3 is 2.19 bits per heavy atom. The van der Waals surface area contributed by atoms with E-state index in [1.807, 2.05) is 0 Å². The third-order valence-electron chi connectivity index (χ3n) is 5.15. The van der Waals surface area contributed by atoms with Crippen LogP contribution in [-0.4, -0.2) is 6.04 Å². The summed E-state index contributed by atoms with van der Waals surface area (Å²) >= 11 is 0. The van der Waals surface area contributed by atoms with Gasteiger partial charge in [0.05, 0.1) is 0 Å². The molecule has 102 valence electrons. The highest BCUT2D eigenvalue weighted by molar-refractivity contribution is 6.23. The third-order valence-corrected chi connectivity index (χ3v) is 5.15. The standard InChI is InChI=1S/C20H17N/c21-16-9-15(10-16)18-11-14-5-1-3-12-7-8-13-4-2-6-17(18)20(13)19(12)14/h1-8,11,15-16H,9-10,21H2. The normalized spacial score (nSPS) is 22.1. The summed E-state index contributed by atoms with van der Waals surface area (Å²) in [7, 11) is 0. The molecule has 5 rings (SSSR count). The van der Waals surface area contributed by atoms with Crippen LogP contribution in [-0.2, 0) is 0 Å². The Balaban J connectivity index is 1.97. The minimum atomic E-state index is 0.392. The Labute approximate surface area is 123 Å². The lowest BCUT2D eigenvalue weighted by Gasteiger charge is -2.34. The van der Waals surface area contributed by atoms with Crippen molar-refractivity contribution < 1.29 is 0 Å². The van der Waals surface area contributed by atoms with Gasteiger partial charge in [0.15, 0.2) is 0 Å². The molecular formula is C20H17N. The zero-order valence-electron chi connectivity index (χ0n) is 11.8. The maximum atomic E-state index is 6.02. The molecule has 0 radical (unpaired) electrons. The number of nitrogens with two attached hydrogens (primary N) is 1. The Morgan fingerprint density at radius 2 is 1.43 bits per heavy atom. The van der Waals surface area contributed by atoms with Gasteiger partial charge in [-0.1, -0.05) is 54.6 Å². The molecule has 2 N–H and O–H groups in total. The Bertz CT molecular complexity index is 963. The van der Waals surface area contributed by atoms with Crippen LogP contribution in [0.25, 0.3) is 32.3 Å².